The Morgan fingerprint density at radius 2 is 2.11 bits per heavy atom. The van der Waals surface area contributed by atoms with Crippen LogP contribution in [0.25, 0.3) is 0 Å². The smallest absolute Gasteiger partial charge is 0.0492 e. The van der Waals surface area contributed by atoms with Crippen LogP contribution in [0.3, 0.4) is 0 Å². The summed E-state index contributed by atoms with van der Waals surface area (Å²) in [5, 5.41) is 4.42. The van der Waals surface area contributed by atoms with Crippen molar-refractivity contribution in [2.75, 3.05) is 6.54 Å². The Morgan fingerprint density at radius 1 is 1.22 bits per heavy atom. The zero-order chi connectivity index (χ0) is 6.10. The Labute approximate surface area is 55.5 Å². The third-order valence-corrected chi connectivity index (χ3v) is 2.02. The highest BCUT2D eigenvalue weighted by molar-refractivity contribution is 5.18. The highest BCUT2D eigenvalue weighted by Gasteiger charge is 2.24. The highest BCUT2D eigenvalue weighted by Crippen LogP contribution is 2.21. The van der Waals surface area contributed by atoms with E-state index in [0.29, 0.717) is 6.04 Å². The maximum Gasteiger partial charge on any atom is 0.0492 e. The number of allylic oxidation sites excluding steroid dienone is 2. The van der Waals surface area contributed by atoms with Crippen LogP contribution in [0.2, 0.25) is 0 Å². The van der Waals surface area contributed by atoms with Gasteiger partial charge in [-0.2, -0.15) is 0 Å². The van der Waals surface area contributed by atoms with Gasteiger partial charge in [0.05, 0.1) is 0 Å². The monoisotopic (exact) mass is 120 g/mol. The Morgan fingerprint density at radius 3 is 3.00 bits per heavy atom. The van der Waals surface area contributed by atoms with Crippen LogP contribution < -0.4 is 5.32 Å². The second kappa shape index (κ2) is 1.99. The van der Waals surface area contributed by atoms with Crippen molar-refractivity contribution in [3.8, 4) is 0 Å². The van der Waals surface area contributed by atoms with E-state index >= 15 is 0 Å². The average molecular weight is 120 g/mol. The van der Waals surface area contributed by atoms with Gasteiger partial charge < -0.3 is 0 Å². The molecule has 47 valence electrons. The van der Waals surface area contributed by atoms with Gasteiger partial charge in [-0.25, -0.2) is 5.32 Å². The van der Waals surface area contributed by atoms with Crippen LogP contribution in [0, 0.1) is 5.92 Å². The molecule has 9 heavy (non-hydrogen) atoms. The summed E-state index contributed by atoms with van der Waals surface area (Å²) in [5.41, 5.74) is 0. The van der Waals surface area contributed by atoms with Crippen molar-refractivity contribution in [2.24, 2.45) is 5.92 Å². The third kappa shape index (κ3) is 0.815. The lowest BCUT2D eigenvalue weighted by Gasteiger charge is -2.12. The molecule has 0 aromatic rings. The topological polar surface area (TPSA) is 14.1 Å². The van der Waals surface area contributed by atoms with Crippen molar-refractivity contribution in [1.29, 1.82) is 0 Å². The molecule has 1 nitrogen and oxygen atoms in total. The molecule has 0 amide bonds. The van der Waals surface area contributed by atoms with Crippen LogP contribution in [0.15, 0.2) is 24.3 Å². The lowest BCUT2D eigenvalue weighted by Crippen LogP contribution is -2.18. The van der Waals surface area contributed by atoms with E-state index in [-0.39, 0.29) is 0 Å². The standard InChI is InChI=1S/C8H10N/c1-2-4-8-7(3-1)5-6-9-8/h1-4,7-8H,5-6H2. The van der Waals surface area contributed by atoms with E-state index in [4.69, 9.17) is 0 Å². The molecular weight excluding hydrogens is 110 g/mol. The Bertz CT molecular complexity index is 140. The van der Waals surface area contributed by atoms with Crippen molar-refractivity contribution in [1.82, 2.24) is 5.32 Å². The van der Waals surface area contributed by atoms with Gasteiger partial charge in [-0.3, -0.25) is 0 Å². The van der Waals surface area contributed by atoms with Crippen molar-refractivity contribution >= 4 is 0 Å². The number of hydrogen-bond donors (Lipinski definition) is 0. The van der Waals surface area contributed by atoms with Crippen molar-refractivity contribution in [3.05, 3.63) is 24.3 Å². The van der Waals surface area contributed by atoms with Gasteiger partial charge >= 0.3 is 0 Å². The summed E-state index contributed by atoms with van der Waals surface area (Å²) < 4.78 is 0. The molecule has 0 saturated carbocycles. The summed E-state index contributed by atoms with van der Waals surface area (Å²) in [6.45, 7) is 1.06. The fourth-order valence-electron chi connectivity index (χ4n) is 1.48. The largest absolute Gasteiger partial charge is 0.234 e. The summed E-state index contributed by atoms with van der Waals surface area (Å²) in [5.74, 6) is 0.731. The molecule has 1 fully saturated rings. The summed E-state index contributed by atoms with van der Waals surface area (Å²) in [7, 11) is 0. The molecule has 1 heterocycles. The Kier molecular flexibility index (Phi) is 1.16. The van der Waals surface area contributed by atoms with Gasteiger partial charge in [0.15, 0.2) is 0 Å². The van der Waals surface area contributed by atoms with Crippen molar-refractivity contribution in [3.63, 3.8) is 0 Å². The average Bonchev–Trinajstić information content (AvgIpc) is 2.33. The Hall–Kier alpha value is -0.560. The molecule has 1 heteroatoms. The molecule has 2 unspecified atom stereocenters. The van der Waals surface area contributed by atoms with Crippen molar-refractivity contribution in [2.45, 2.75) is 12.5 Å². The molecule has 0 N–H and O–H groups in total. The fraction of sp³-hybridized carbons (Fsp3) is 0.500. The summed E-state index contributed by atoms with van der Waals surface area (Å²) in [6.07, 6.45) is 9.93. The predicted molar refractivity (Wildman–Crippen MR) is 37.2 cm³/mol. The second-order valence-electron chi connectivity index (χ2n) is 2.62. The zero-order valence-electron chi connectivity index (χ0n) is 5.33. The van der Waals surface area contributed by atoms with Crippen LogP contribution >= 0.6 is 0 Å². The van der Waals surface area contributed by atoms with Gasteiger partial charge in [0.25, 0.3) is 0 Å². The number of fused-ring (bicyclic) bond motifs is 1. The van der Waals surface area contributed by atoms with Gasteiger partial charge in [-0.15, -0.1) is 0 Å². The first-order chi connectivity index (χ1) is 4.47. The molecule has 1 saturated heterocycles. The molecular formula is C8H10N. The fourth-order valence-corrected chi connectivity index (χ4v) is 1.48. The quantitative estimate of drug-likeness (QED) is 0.454. The van der Waals surface area contributed by atoms with E-state index in [9.17, 15) is 0 Å². The van der Waals surface area contributed by atoms with E-state index in [1.165, 1.54) is 6.42 Å². The van der Waals surface area contributed by atoms with Crippen LogP contribution in [0.4, 0.5) is 0 Å². The molecule has 2 rings (SSSR count). The van der Waals surface area contributed by atoms with Gasteiger partial charge in [0.1, 0.15) is 0 Å². The molecule has 0 aromatic heterocycles. The predicted octanol–water partition coefficient (Wildman–Crippen LogP) is 1.11. The number of nitrogens with zero attached hydrogens (tertiary/aromatic N) is 1. The van der Waals surface area contributed by atoms with E-state index in [2.05, 4.69) is 29.6 Å². The first kappa shape index (κ1) is 5.24. The van der Waals surface area contributed by atoms with E-state index < -0.39 is 0 Å². The summed E-state index contributed by atoms with van der Waals surface area (Å²) in [4.78, 5) is 0. The van der Waals surface area contributed by atoms with Gasteiger partial charge in [0, 0.05) is 12.6 Å². The minimum Gasteiger partial charge on any atom is -0.234 e. The van der Waals surface area contributed by atoms with Gasteiger partial charge in [0.2, 0.25) is 0 Å². The molecule has 0 spiro atoms. The molecule has 2 atom stereocenters. The summed E-state index contributed by atoms with van der Waals surface area (Å²) in [6, 6.07) is 0.523. The number of rotatable bonds is 0. The first-order valence-corrected chi connectivity index (χ1v) is 3.48. The van der Waals surface area contributed by atoms with E-state index in [1.807, 2.05) is 0 Å². The van der Waals surface area contributed by atoms with E-state index in [1.54, 1.807) is 0 Å². The van der Waals surface area contributed by atoms with Crippen molar-refractivity contribution < 1.29 is 0 Å². The maximum atomic E-state index is 4.42. The minimum absolute atomic E-state index is 0.523. The highest BCUT2D eigenvalue weighted by atomic mass is 14.9. The van der Waals surface area contributed by atoms with Crippen LogP contribution in [-0.4, -0.2) is 12.6 Å². The van der Waals surface area contributed by atoms with Gasteiger partial charge in [-0.05, 0) is 12.3 Å². The van der Waals surface area contributed by atoms with E-state index in [0.717, 1.165) is 12.5 Å². The minimum atomic E-state index is 0.523. The maximum absolute atomic E-state index is 4.42. The molecule has 1 radical (unpaired) electrons. The second-order valence-corrected chi connectivity index (χ2v) is 2.62. The first-order valence-electron chi connectivity index (χ1n) is 3.48. The molecule has 0 bridgehead atoms. The normalized spacial score (nSPS) is 39.1. The van der Waals surface area contributed by atoms with Crippen LogP contribution in [0.1, 0.15) is 6.42 Å². The zero-order valence-corrected chi connectivity index (χ0v) is 5.33. The van der Waals surface area contributed by atoms with Gasteiger partial charge in [-0.1, -0.05) is 24.3 Å². The van der Waals surface area contributed by atoms with Crippen LogP contribution in [-0.2, 0) is 0 Å². The Balaban J connectivity index is 2.18. The molecule has 0 aromatic carbocycles. The lowest BCUT2D eigenvalue weighted by molar-refractivity contribution is 0.606. The summed E-state index contributed by atoms with van der Waals surface area (Å²) >= 11 is 0. The van der Waals surface area contributed by atoms with Crippen LogP contribution in [0.5, 0.6) is 0 Å². The number of hydrogen-bond acceptors (Lipinski definition) is 0. The lowest BCUT2D eigenvalue weighted by atomic mass is 9.97. The molecule has 1 aliphatic heterocycles. The SMILES string of the molecule is C1=CC2CC[N]C2C=C1. The molecule has 2 aliphatic rings. The molecule has 1 aliphatic carbocycles. The third-order valence-electron chi connectivity index (χ3n) is 2.02.